The van der Waals surface area contributed by atoms with Crippen LogP contribution >= 0.6 is 0 Å². The van der Waals surface area contributed by atoms with Crippen LogP contribution in [0.25, 0.3) is 0 Å². The lowest BCUT2D eigenvalue weighted by Crippen LogP contribution is -2.17. The lowest BCUT2D eigenvalue weighted by atomic mass is 10.1. The molecular weight excluding hydrogens is 235 g/mol. The summed E-state index contributed by atoms with van der Waals surface area (Å²) in [5.41, 5.74) is 1.01. The Kier molecular flexibility index (Phi) is 4.37. The first kappa shape index (κ1) is 13.3. The van der Waals surface area contributed by atoms with Gasteiger partial charge in [-0.2, -0.15) is 0 Å². The molecule has 0 heterocycles. The van der Waals surface area contributed by atoms with Crippen LogP contribution in [0.2, 0.25) is 0 Å². The number of ether oxygens (including phenoxy) is 1. The van der Waals surface area contributed by atoms with E-state index in [-0.39, 0.29) is 5.75 Å². The van der Waals surface area contributed by atoms with E-state index in [9.17, 15) is 13.2 Å². The Bertz CT molecular complexity index is 385. The molecule has 3 nitrogen and oxygen atoms in total. The third-order valence-corrected chi connectivity index (χ3v) is 2.03. The monoisotopic (exact) mass is 247 g/mol. The molecule has 1 N–H and O–H groups in total. The summed E-state index contributed by atoms with van der Waals surface area (Å²) < 4.78 is 39.4. The fraction of sp³-hybridized carbons (Fsp3) is 0.364. The van der Waals surface area contributed by atoms with Crippen LogP contribution in [0.4, 0.5) is 13.2 Å². The van der Waals surface area contributed by atoms with Crippen molar-refractivity contribution in [1.82, 2.24) is 0 Å². The van der Waals surface area contributed by atoms with Crippen molar-refractivity contribution in [2.45, 2.75) is 26.1 Å². The highest BCUT2D eigenvalue weighted by molar-refractivity contribution is 6.00. The van der Waals surface area contributed by atoms with Crippen molar-refractivity contribution < 1.29 is 23.1 Å². The molecule has 0 bridgehead atoms. The van der Waals surface area contributed by atoms with Gasteiger partial charge in [-0.25, -0.2) is 0 Å². The lowest BCUT2D eigenvalue weighted by Gasteiger charge is -2.09. The number of halogens is 3. The number of nitrogens with zero attached hydrogens (tertiary/aromatic N) is 1. The van der Waals surface area contributed by atoms with E-state index in [1.54, 1.807) is 0 Å². The summed E-state index contributed by atoms with van der Waals surface area (Å²) in [6.45, 7) is 1.91. The maximum Gasteiger partial charge on any atom is 0.573 e. The van der Waals surface area contributed by atoms with Gasteiger partial charge in [0.25, 0.3) is 0 Å². The molecular formula is C11H12F3NO2. The van der Waals surface area contributed by atoms with Crippen molar-refractivity contribution in [3.8, 4) is 5.75 Å². The van der Waals surface area contributed by atoms with E-state index in [4.69, 9.17) is 5.21 Å². The molecule has 94 valence electrons. The second-order valence-electron chi connectivity index (χ2n) is 3.37. The molecule has 17 heavy (non-hydrogen) atoms. The first-order valence-electron chi connectivity index (χ1n) is 5.03. The summed E-state index contributed by atoms with van der Waals surface area (Å²) in [7, 11) is 0. The average Bonchev–Trinajstić information content (AvgIpc) is 2.25. The Morgan fingerprint density at radius 2 is 1.88 bits per heavy atom. The van der Waals surface area contributed by atoms with Gasteiger partial charge in [-0.3, -0.25) is 0 Å². The summed E-state index contributed by atoms with van der Waals surface area (Å²) in [4.78, 5) is 0. The van der Waals surface area contributed by atoms with E-state index in [2.05, 4.69) is 9.89 Å². The Morgan fingerprint density at radius 3 is 2.29 bits per heavy atom. The van der Waals surface area contributed by atoms with E-state index in [1.807, 2.05) is 6.92 Å². The molecule has 1 aromatic carbocycles. The van der Waals surface area contributed by atoms with Crippen LogP contribution in [0.1, 0.15) is 25.3 Å². The van der Waals surface area contributed by atoms with Gasteiger partial charge in [-0.15, -0.1) is 13.2 Å². The van der Waals surface area contributed by atoms with Crippen molar-refractivity contribution >= 4 is 5.71 Å². The van der Waals surface area contributed by atoms with Gasteiger partial charge in [0.15, 0.2) is 0 Å². The topological polar surface area (TPSA) is 41.8 Å². The zero-order chi connectivity index (χ0) is 12.9. The van der Waals surface area contributed by atoms with Gasteiger partial charge in [0.1, 0.15) is 5.75 Å². The van der Waals surface area contributed by atoms with Crippen molar-refractivity contribution in [3.05, 3.63) is 29.8 Å². The van der Waals surface area contributed by atoms with Crippen LogP contribution in [-0.2, 0) is 0 Å². The normalized spacial score (nSPS) is 12.6. The maximum atomic E-state index is 11.9. The van der Waals surface area contributed by atoms with E-state index >= 15 is 0 Å². The molecule has 0 unspecified atom stereocenters. The fourth-order valence-electron chi connectivity index (χ4n) is 1.34. The van der Waals surface area contributed by atoms with Crippen LogP contribution in [-0.4, -0.2) is 17.3 Å². The number of hydrogen-bond acceptors (Lipinski definition) is 3. The highest BCUT2D eigenvalue weighted by atomic mass is 19.4. The number of benzene rings is 1. The van der Waals surface area contributed by atoms with Gasteiger partial charge >= 0.3 is 6.36 Å². The molecule has 0 saturated carbocycles. The summed E-state index contributed by atoms with van der Waals surface area (Å²) >= 11 is 0. The average molecular weight is 247 g/mol. The summed E-state index contributed by atoms with van der Waals surface area (Å²) in [6, 6.07) is 5.21. The quantitative estimate of drug-likeness (QED) is 0.502. The molecule has 0 aliphatic carbocycles. The molecule has 0 aromatic heterocycles. The summed E-state index contributed by atoms with van der Waals surface area (Å²) in [5.74, 6) is -0.296. The minimum atomic E-state index is -4.70. The zero-order valence-electron chi connectivity index (χ0n) is 9.16. The molecule has 0 radical (unpaired) electrons. The third-order valence-electron chi connectivity index (χ3n) is 2.03. The van der Waals surface area contributed by atoms with Crippen molar-refractivity contribution in [2.24, 2.45) is 5.16 Å². The van der Waals surface area contributed by atoms with Crippen LogP contribution in [0.5, 0.6) is 5.75 Å². The molecule has 0 saturated heterocycles. The van der Waals surface area contributed by atoms with Crippen LogP contribution in [0, 0.1) is 0 Å². The SMILES string of the molecule is CCCC(=NO)c1ccc(OC(F)(F)F)cc1. The second-order valence-corrected chi connectivity index (χ2v) is 3.37. The standard InChI is InChI=1S/C11H12F3NO2/c1-2-3-10(15-16)8-4-6-9(7-5-8)17-11(12,13)14/h4-7,16H,2-3H2,1H3. The van der Waals surface area contributed by atoms with E-state index in [0.717, 1.165) is 6.42 Å². The first-order chi connectivity index (χ1) is 7.96. The minimum absolute atomic E-state index is 0.296. The molecule has 0 amide bonds. The van der Waals surface area contributed by atoms with Crippen molar-refractivity contribution in [3.63, 3.8) is 0 Å². The van der Waals surface area contributed by atoms with Crippen LogP contribution in [0.15, 0.2) is 29.4 Å². The fourth-order valence-corrected chi connectivity index (χ4v) is 1.34. The van der Waals surface area contributed by atoms with Gasteiger partial charge in [-0.1, -0.05) is 18.5 Å². The smallest absolute Gasteiger partial charge is 0.411 e. The van der Waals surface area contributed by atoms with Gasteiger partial charge in [0.2, 0.25) is 0 Å². The lowest BCUT2D eigenvalue weighted by molar-refractivity contribution is -0.274. The first-order valence-corrected chi connectivity index (χ1v) is 5.03. The minimum Gasteiger partial charge on any atom is -0.411 e. The molecule has 0 fully saturated rings. The second kappa shape index (κ2) is 5.56. The largest absolute Gasteiger partial charge is 0.573 e. The zero-order valence-corrected chi connectivity index (χ0v) is 9.16. The molecule has 1 rings (SSSR count). The van der Waals surface area contributed by atoms with Crippen LogP contribution in [0.3, 0.4) is 0 Å². The third kappa shape index (κ3) is 4.34. The highest BCUT2D eigenvalue weighted by Gasteiger charge is 2.30. The van der Waals surface area contributed by atoms with Gasteiger partial charge in [-0.05, 0) is 36.2 Å². The Hall–Kier alpha value is -1.72. The van der Waals surface area contributed by atoms with Crippen molar-refractivity contribution in [2.75, 3.05) is 0 Å². The van der Waals surface area contributed by atoms with Crippen molar-refractivity contribution in [1.29, 1.82) is 0 Å². The molecule has 6 heteroatoms. The number of alkyl halides is 3. The van der Waals surface area contributed by atoms with Crippen LogP contribution < -0.4 is 4.74 Å². The summed E-state index contributed by atoms with van der Waals surface area (Å²) in [5, 5.41) is 11.8. The maximum absolute atomic E-state index is 11.9. The van der Waals surface area contributed by atoms with Gasteiger partial charge in [0.05, 0.1) is 5.71 Å². The molecule has 0 aliphatic heterocycles. The Morgan fingerprint density at radius 1 is 1.29 bits per heavy atom. The number of rotatable bonds is 4. The predicted octanol–water partition coefficient (Wildman–Crippen LogP) is 3.56. The number of hydrogen-bond donors (Lipinski definition) is 1. The Labute approximate surface area is 96.5 Å². The number of oxime groups is 1. The molecule has 1 aromatic rings. The molecule has 0 spiro atoms. The van der Waals surface area contributed by atoms with E-state index in [0.29, 0.717) is 17.7 Å². The predicted molar refractivity (Wildman–Crippen MR) is 56.4 cm³/mol. The Balaban J connectivity index is 2.80. The highest BCUT2D eigenvalue weighted by Crippen LogP contribution is 2.23. The molecule has 0 aliphatic rings. The van der Waals surface area contributed by atoms with E-state index < -0.39 is 6.36 Å². The van der Waals surface area contributed by atoms with Gasteiger partial charge < -0.3 is 9.94 Å². The molecule has 0 atom stereocenters. The summed E-state index contributed by atoms with van der Waals surface area (Å²) in [6.07, 6.45) is -3.37. The van der Waals surface area contributed by atoms with E-state index in [1.165, 1.54) is 24.3 Å². The van der Waals surface area contributed by atoms with Gasteiger partial charge in [0, 0.05) is 0 Å².